The van der Waals surface area contributed by atoms with E-state index in [1.54, 1.807) is 25.1 Å². The van der Waals surface area contributed by atoms with Gasteiger partial charge in [0.1, 0.15) is 11.6 Å². The van der Waals surface area contributed by atoms with Crippen molar-refractivity contribution < 1.29 is 9.53 Å². The molecule has 2 aromatic carbocycles. The van der Waals surface area contributed by atoms with Crippen molar-refractivity contribution in [2.75, 3.05) is 11.9 Å². The highest BCUT2D eigenvalue weighted by atomic mass is 35.5. The summed E-state index contributed by atoms with van der Waals surface area (Å²) < 4.78 is 4.90. The number of nitrogens with zero attached hydrogens (tertiary/aromatic N) is 1. The summed E-state index contributed by atoms with van der Waals surface area (Å²) in [7, 11) is 0. The molecule has 2 rings (SSSR count). The van der Waals surface area contributed by atoms with Crippen LogP contribution in [-0.4, -0.2) is 12.6 Å². The fourth-order valence-electron chi connectivity index (χ4n) is 2.34. The van der Waals surface area contributed by atoms with E-state index in [0.29, 0.717) is 5.02 Å². The lowest BCUT2D eigenvalue weighted by Gasteiger charge is -2.13. The molecule has 0 spiro atoms. The summed E-state index contributed by atoms with van der Waals surface area (Å²) in [6.45, 7) is 6.01. The molecule has 0 aliphatic rings. The summed E-state index contributed by atoms with van der Waals surface area (Å²) >= 11 is 5.98. The normalized spacial score (nSPS) is 11.7. The zero-order valence-corrected chi connectivity index (χ0v) is 16.3. The van der Waals surface area contributed by atoms with Crippen LogP contribution in [0.2, 0.25) is 5.02 Å². The van der Waals surface area contributed by atoms with Gasteiger partial charge in [-0.2, -0.15) is 5.26 Å². The smallest absolute Gasteiger partial charge is 0.348 e. The Balaban J connectivity index is 2.42. The van der Waals surface area contributed by atoms with Crippen LogP contribution in [0.3, 0.4) is 0 Å². The molecule has 0 saturated heterocycles. The number of halogens is 1. The maximum Gasteiger partial charge on any atom is 0.348 e. The Labute approximate surface area is 164 Å². The van der Waals surface area contributed by atoms with Crippen LogP contribution in [0.5, 0.6) is 0 Å². The summed E-state index contributed by atoms with van der Waals surface area (Å²) in [6.07, 6.45) is 3.14. The second-order valence-electron chi connectivity index (χ2n) is 5.92. The van der Waals surface area contributed by atoms with Crippen LogP contribution < -0.4 is 5.32 Å². The van der Waals surface area contributed by atoms with Gasteiger partial charge in [-0.25, -0.2) is 4.79 Å². The molecule has 0 heterocycles. The zero-order chi connectivity index (χ0) is 19.8. The Morgan fingerprint density at radius 2 is 1.85 bits per heavy atom. The Morgan fingerprint density at radius 1 is 1.15 bits per heavy atom. The number of anilines is 1. The number of nitrogens with one attached hydrogen (secondary N) is 1. The first kappa shape index (κ1) is 20.3. The molecule has 0 fully saturated rings. The molecule has 138 valence electrons. The minimum absolute atomic E-state index is 0.0646. The average molecular weight is 381 g/mol. The van der Waals surface area contributed by atoms with Crippen molar-refractivity contribution in [1.29, 1.82) is 5.26 Å². The molecule has 0 saturated carbocycles. The Kier molecular flexibility index (Phi) is 7.22. The molecular formula is C22H21ClN2O2. The van der Waals surface area contributed by atoms with E-state index in [0.717, 1.165) is 22.5 Å². The van der Waals surface area contributed by atoms with Gasteiger partial charge in [0.25, 0.3) is 0 Å². The Morgan fingerprint density at radius 3 is 2.44 bits per heavy atom. The lowest BCUT2D eigenvalue weighted by atomic mass is 10.1. The quantitative estimate of drug-likeness (QED) is 0.314. The highest BCUT2D eigenvalue weighted by Gasteiger charge is 2.09. The van der Waals surface area contributed by atoms with E-state index in [9.17, 15) is 10.1 Å². The first-order valence-electron chi connectivity index (χ1n) is 8.54. The van der Waals surface area contributed by atoms with Crippen molar-refractivity contribution in [3.8, 4) is 6.07 Å². The number of rotatable bonds is 6. The van der Waals surface area contributed by atoms with Crippen LogP contribution in [0.1, 0.15) is 23.6 Å². The van der Waals surface area contributed by atoms with E-state index in [2.05, 4.69) is 12.2 Å². The first-order chi connectivity index (χ1) is 12.9. The average Bonchev–Trinajstić information content (AvgIpc) is 2.65. The number of ether oxygens (including phenoxy) is 1. The predicted octanol–water partition coefficient (Wildman–Crippen LogP) is 5.42. The molecule has 0 unspecified atom stereocenters. The van der Waals surface area contributed by atoms with Crippen molar-refractivity contribution in [3.05, 3.63) is 81.9 Å². The van der Waals surface area contributed by atoms with Gasteiger partial charge in [0, 0.05) is 16.4 Å². The van der Waals surface area contributed by atoms with Gasteiger partial charge in [-0.3, -0.25) is 0 Å². The molecule has 5 heteroatoms. The second kappa shape index (κ2) is 9.61. The molecule has 4 nitrogen and oxygen atoms in total. The number of nitriles is 1. The molecule has 2 aromatic rings. The summed E-state index contributed by atoms with van der Waals surface area (Å²) in [5, 5.41) is 13.2. The third-order valence-electron chi connectivity index (χ3n) is 3.97. The molecule has 1 N–H and O–H groups in total. The van der Waals surface area contributed by atoms with Crippen LogP contribution in [0.15, 0.2) is 60.2 Å². The highest BCUT2D eigenvalue weighted by molar-refractivity contribution is 6.30. The second-order valence-corrected chi connectivity index (χ2v) is 6.36. The number of hydrogen-bond acceptors (Lipinski definition) is 4. The monoisotopic (exact) mass is 380 g/mol. The van der Waals surface area contributed by atoms with E-state index in [1.807, 2.05) is 43.3 Å². The van der Waals surface area contributed by atoms with Gasteiger partial charge in [-0.05, 0) is 73.9 Å². The summed E-state index contributed by atoms with van der Waals surface area (Å²) in [4.78, 5) is 11.8. The predicted molar refractivity (Wildman–Crippen MR) is 109 cm³/mol. The summed E-state index contributed by atoms with van der Waals surface area (Å²) in [5.74, 6) is -0.641. The third kappa shape index (κ3) is 5.73. The molecular weight excluding hydrogens is 360 g/mol. The standard InChI is InChI=1S/C22H21ClN2O2/c1-4-27-22(26)18(14-24)8-12-21(17-6-9-19(23)10-7-17)25-20-11-5-15(2)16(3)13-20/h5-13,25H,4H2,1-3H3/b18-8+,21-12-. The number of benzene rings is 2. The Bertz CT molecular complexity index is 922. The van der Waals surface area contributed by atoms with Crippen LogP contribution in [-0.2, 0) is 9.53 Å². The fraction of sp³-hybridized carbons (Fsp3) is 0.182. The van der Waals surface area contributed by atoms with Gasteiger partial charge < -0.3 is 10.1 Å². The number of aryl methyl sites for hydroxylation is 2. The van der Waals surface area contributed by atoms with Gasteiger partial charge in [0.15, 0.2) is 0 Å². The van der Waals surface area contributed by atoms with Crippen molar-refractivity contribution in [3.63, 3.8) is 0 Å². The third-order valence-corrected chi connectivity index (χ3v) is 4.23. The summed E-state index contributed by atoms with van der Waals surface area (Å²) in [5.41, 5.74) is 4.80. The lowest BCUT2D eigenvalue weighted by molar-refractivity contribution is -0.138. The van der Waals surface area contributed by atoms with Crippen LogP contribution in [0, 0.1) is 25.2 Å². The number of carbonyl (C=O) groups is 1. The van der Waals surface area contributed by atoms with Crippen LogP contribution in [0.25, 0.3) is 5.70 Å². The molecule has 0 amide bonds. The fourth-order valence-corrected chi connectivity index (χ4v) is 2.47. The molecule has 0 bridgehead atoms. The van der Waals surface area contributed by atoms with Crippen molar-refractivity contribution in [1.82, 2.24) is 0 Å². The van der Waals surface area contributed by atoms with Crippen LogP contribution in [0.4, 0.5) is 5.69 Å². The minimum Gasteiger partial charge on any atom is -0.462 e. The summed E-state index contributed by atoms with van der Waals surface area (Å²) in [6, 6.07) is 15.2. The molecule has 0 aromatic heterocycles. The zero-order valence-electron chi connectivity index (χ0n) is 15.5. The van der Waals surface area contributed by atoms with Crippen molar-refractivity contribution in [2.45, 2.75) is 20.8 Å². The van der Waals surface area contributed by atoms with E-state index < -0.39 is 5.97 Å². The van der Waals surface area contributed by atoms with Crippen molar-refractivity contribution >= 4 is 29.0 Å². The van der Waals surface area contributed by atoms with Crippen molar-refractivity contribution in [2.24, 2.45) is 0 Å². The SMILES string of the molecule is CCOC(=O)/C(C#N)=C/C=C(\Nc1ccc(C)c(C)c1)c1ccc(Cl)cc1. The highest BCUT2D eigenvalue weighted by Crippen LogP contribution is 2.23. The van der Waals surface area contributed by atoms with E-state index in [1.165, 1.54) is 11.6 Å². The number of allylic oxidation sites excluding steroid dienone is 2. The van der Waals surface area contributed by atoms with E-state index in [-0.39, 0.29) is 12.2 Å². The Hall–Kier alpha value is -3.03. The maximum atomic E-state index is 11.8. The number of carbonyl (C=O) groups excluding carboxylic acids is 1. The van der Waals surface area contributed by atoms with Gasteiger partial charge in [0.2, 0.25) is 0 Å². The van der Waals surface area contributed by atoms with Gasteiger partial charge >= 0.3 is 5.97 Å². The molecule has 0 radical (unpaired) electrons. The number of esters is 1. The lowest BCUT2D eigenvalue weighted by Crippen LogP contribution is -2.06. The van der Waals surface area contributed by atoms with Gasteiger partial charge in [-0.15, -0.1) is 0 Å². The maximum absolute atomic E-state index is 11.8. The van der Waals surface area contributed by atoms with Gasteiger partial charge in [0.05, 0.1) is 6.61 Å². The molecule has 27 heavy (non-hydrogen) atoms. The first-order valence-corrected chi connectivity index (χ1v) is 8.91. The topological polar surface area (TPSA) is 62.1 Å². The van der Waals surface area contributed by atoms with E-state index >= 15 is 0 Å². The number of hydrogen-bond donors (Lipinski definition) is 1. The molecule has 0 atom stereocenters. The van der Waals surface area contributed by atoms with Gasteiger partial charge in [-0.1, -0.05) is 29.8 Å². The molecule has 0 aliphatic heterocycles. The van der Waals surface area contributed by atoms with E-state index in [4.69, 9.17) is 16.3 Å². The largest absolute Gasteiger partial charge is 0.462 e. The minimum atomic E-state index is -0.641. The van der Waals surface area contributed by atoms with Crippen LogP contribution >= 0.6 is 11.6 Å². The molecule has 0 aliphatic carbocycles.